The van der Waals surface area contributed by atoms with E-state index in [1.165, 1.54) is 38.5 Å². The van der Waals surface area contributed by atoms with Crippen LogP contribution >= 0.6 is 0 Å². The predicted octanol–water partition coefficient (Wildman–Crippen LogP) is 2.83. The van der Waals surface area contributed by atoms with Crippen molar-refractivity contribution in [2.75, 3.05) is 20.3 Å². The molecular formula is C14H27NO. The molecule has 1 saturated heterocycles. The standard InChI is InChI=1S/C14H27NO/c1-3-11-6-7-12(9-11)14(15-2)13-5-4-8-16-10-13/h11-15H,3-10H2,1-2H3. The van der Waals surface area contributed by atoms with Gasteiger partial charge in [0.1, 0.15) is 0 Å². The highest BCUT2D eigenvalue weighted by Crippen LogP contribution is 2.38. The zero-order valence-corrected chi connectivity index (χ0v) is 10.9. The van der Waals surface area contributed by atoms with Crippen LogP contribution in [0.2, 0.25) is 0 Å². The zero-order chi connectivity index (χ0) is 11.4. The van der Waals surface area contributed by atoms with E-state index in [-0.39, 0.29) is 0 Å². The molecule has 0 amide bonds. The van der Waals surface area contributed by atoms with Gasteiger partial charge in [-0.05, 0) is 50.5 Å². The molecule has 2 fully saturated rings. The van der Waals surface area contributed by atoms with Gasteiger partial charge >= 0.3 is 0 Å². The summed E-state index contributed by atoms with van der Waals surface area (Å²) < 4.78 is 5.64. The fraction of sp³-hybridized carbons (Fsp3) is 1.00. The van der Waals surface area contributed by atoms with E-state index in [0.29, 0.717) is 6.04 Å². The fourth-order valence-corrected chi connectivity index (χ4v) is 3.72. The lowest BCUT2D eigenvalue weighted by atomic mass is 9.83. The molecule has 2 heteroatoms. The molecule has 0 aromatic heterocycles. The molecule has 94 valence electrons. The topological polar surface area (TPSA) is 21.3 Å². The first-order valence-corrected chi connectivity index (χ1v) is 7.10. The van der Waals surface area contributed by atoms with Gasteiger partial charge in [0.25, 0.3) is 0 Å². The van der Waals surface area contributed by atoms with Crippen molar-refractivity contribution in [2.24, 2.45) is 17.8 Å². The minimum absolute atomic E-state index is 0.705. The first kappa shape index (κ1) is 12.4. The van der Waals surface area contributed by atoms with Crippen LogP contribution in [0.5, 0.6) is 0 Å². The predicted molar refractivity (Wildman–Crippen MR) is 67.5 cm³/mol. The van der Waals surface area contributed by atoms with E-state index in [9.17, 15) is 0 Å². The molecule has 1 aliphatic heterocycles. The quantitative estimate of drug-likeness (QED) is 0.794. The van der Waals surface area contributed by atoms with Crippen LogP contribution in [0.1, 0.15) is 45.4 Å². The average molecular weight is 225 g/mol. The Morgan fingerprint density at radius 3 is 2.69 bits per heavy atom. The van der Waals surface area contributed by atoms with Gasteiger partial charge in [-0.15, -0.1) is 0 Å². The number of hydrogen-bond donors (Lipinski definition) is 1. The highest BCUT2D eigenvalue weighted by Gasteiger charge is 2.34. The van der Waals surface area contributed by atoms with Crippen molar-refractivity contribution in [1.29, 1.82) is 0 Å². The number of nitrogens with one attached hydrogen (secondary N) is 1. The number of hydrogen-bond acceptors (Lipinski definition) is 2. The van der Waals surface area contributed by atoms with Gasteiger partial charge in [0.15, 0.2) is 0 Å². The molecule has 1 saturated carbocycles. The average Bonchev–Trinajstić information content (AvgIpc) is 2.80. The van der Waals surface area contributed by atoms with Crippen molar-refractivity contribution in [3.8, 4) is 0 Å². The summed E-state index contributed by atoms with van der Waals surface area (Å²) in [6, 6.07) is 0.705. The van der Waals surface area contributed by atoms with Crippen LogP contribution in [0.25, 0.3) is 0 Å². The smallest absolute Gasteiger partial charge is 0.0509 e. The molecule has 0 bridgehead atoms. The van der Waals surface area contributed by atoms with Crippen LogP contribution in [-0.2, 0) is 4.74 Å². The Bertz CT molecular complexity index is 201. The van der Waals surface area contributed by atoms with Crippen molar-refractivity contribution >= 4 is 0 Å². The molecule has 0 spiro atoms. The molecule has 0 radical (unpaired) electrons. The van der Waals surface area contributed by atoms with Crippen molar-refractivity contribution in [3.63, 3.8) is 0 Å². The molecule has 4 atom stereocenters. The highest BCUT2D eigenvalue weighted by molar-refractivity contribution is 4.88. The second-order valence-corrected chi connectivity index (χ2v) is 5.64. The Kier molecular flexibility index (Phi) is 4.66. The van der Waals surface area contributed by atoms with E-state index in [2.05, 4.69) is 19.3 Å². The van der Waals surface area contributed by atoms with Crippen LogP contribution in [0.3, 0.4) is 0 Å². The molecule has 2 aliphatic rings. The summed E-state index contributed by atoms with van der Waals surface area (Å²) in [5, 5.41) is 3.58. The summed E-state index contributed by atoms with van der Waals surface area (Å²) in [4.78, 5) is 0. The summed E-state index contributed by atoms with van der Waals surface area (Å²) in [5.74, 6) is 2.66. The summed E-state index contributed by atoms with van der Waals surface area (Å²) in [7, 11) is 2.14. The lowest BCUT2D eigenvalue weighted by Crippen LogP contribution is -2.43. The third-order valence-corrected chi connectivity index (χ3v) is 4.70. The van der Waals surface area contributed by atoms with Gasteiger partial charge < -0.3 is 10.1 Å². The van der Waals surface area contributed by atoms with E-state index in [0.717, 1.165) is 31.0 Å². The second-order valence-electron chi connectivity index (χ2n) is 5.64. The Balaban J connectivity index is 1.88. The molecule has 2 rings (SSSR count). The van der Waals surface area contributed by atoms with Crippen LogP contribution < -0.4 is 5.32 Å². The van der Waals surface area contributed by atoms with Gasteiger partial charge in [-0.1, -0.05) is 19.8 Å². The maximum absolute atomic E-state index is 5.64. The number of ether oxygens (including phenoxy) is 1. The molecule has 1 aliphatic carbocycles. The molecule has 0 aromatic rings. The Morgan fingerprint density at radius 1 is 1.25 bits per heavy atom. The SMILES string of the molecule is CCC1CCC(C(NC)C2CCCOC2)C1. The Labute approximate surface area is 100 Å². The monoisotopic (exact) mass is 225 g/mol. The molecule has 2 nitrogen and oxygen atoms in total. The van der Waals surface area contributed by atoms with Gasteiger partial charge in [0.2, 0.25) is 0 Å². The minimum atomic E-state index is 0.705. The van der Waals surface area contributed by atoms with Crippen LogP contribution in [0.4, 0.5) is 0 Å². The fourth-order valence-electron chi connectivity index (χ4n) is 3.72. The number of rotatable bonds is 4. The van der Waals surface area contributed by atoms with Crippen molar-refractivity contribution < 1.29 is 4.74 Å². The first-order valence-electron chi connectivity index (χ1n) is 7.10. The molecular weight excluding hydrogens is 198 g/mol. The first-order chi connectivity index (χ1) is 7.85. The van der Waals surface area contributed by atoms with E-state index >= 15 is 0 Å². The maximum Gasteiger partial charge on any atom is 0.0509 e. The van der Waals surface area contributed by atoms with Gasteiger partial charge in [-0.25, -0.2) is 0 Å². The molecule has 4 unspecified atom stereocenters. The van der Waals surface area contributed by atoms with E-state index < -0.39 is 0 Å². The van der Waals surface area contributed by atoms with E-state index in [1.807, 2.05) is 0 Å². The summed E-state index contributed by atoms with van der Waals surface area (Å²) in [6.07, 6.45) is 8.31. The summed E-state index contributed by atoms with van der Waals surface area (Å²) in [6.45, 7) is 4.30. The molecule has 1 N–H and O–H groups in total. The summed E-state index contributed by atoms with van der Waals surface area (Å²) in [5.41, 5.74) is 0. The van der Waals surface area contributed by atoms with E-state index in [4.69, 9.17) is 4.74 Å². The minimum Gasteiger partial charge on any atom is -0.381 e. The Morgan fingerprint density at radius 2 is 2.12 bits per heavy atom. The molecule has 16 heavy (non-hydrogen) atoms. The van der Waals surface area contributed by atoms with Crippen molar-refractivity contribution in [1.82, 2.24) is 5.32 Å². The largest absolute Gasteiger partial charge is 0.381 e. The summed E-state index contributed by atoms with van der Waals surface area (Å²) >= 11 is 0. The molecule has 0 aromatic carbocycles. The van der Waals surface area contributed by atoms with Gasteiger partial charge in [0, 0.05) is 12.6 Å². The van der Waals surface area contributed by atoms with E-state index in [1.54, 1.807) is 0 Å². The highest BCUT2D eigenvalue weighted by atomic mass is 16.5. The third kappa shape index (κ3) is 2.78. The van der Waals surface area contributed by atoms with Gasteiger partial charge in [-0.3, -0.25) is 0 Å². The Hall–Kier alpha value is -0.0800. The molecule has 1 heterocycles. The zero-order valence-electron chi connectivity index (χ0n) is 10.9. The van der Waals surface area contributed by atoms with Crippen LogP contribution in [0.15, 0.2) is 0 Å². The third-order valence-electron chi connectivity index (χ3n) is 4.70. The van der Waals surface area contributed by atoms with Gasteiger partial charge in [-0.2, -0.15) is 0 Å². The van der Waals surface area contributed by atoms with Crippen LogP contribution in [-0.4, -0.2) is 26.3 Å². The second kappa shape index (κ2) is 6.02. The van der Waals surface area contributed by atoms with Gasteiger partial charge in [0.05, 0.1) is 6.61 Å². The lowest BCUT2D eigenvalue weighted by molar-refractivity contribution is 0.0302. The maximum atomic E-state index is 5.64. The normalized spacial score (nSPS) is 37.5. The van der Waals surface area contributed by atoms with Crippen molar-refractivity contribution in [3.05, 3.63) is 0 Å². The van der Waals surface area contributed by atoms with Crippen LogP contribution in [0, 0.1) is 17.8 Å². The van der Waals surface area contributed by atoms with Crippen molar-refractivity contribution in [2.45, 2.75) is 51.5 Å². The lowest BCUT2D eigenvalue weighted by Gasteiger charge is -2.34.